The van der Waals surface area contributed by atoms with Crippen LogP contribution in [0, 0.1) is 0 Å². The molecular formula is C25H22N2O. The molecule has 1 aromatic heterocycles. The molecule has 0 radical (unpaired) electrons. The Kier molecular flexibility index (Phi) is 4.22. The van der Waals surface area contributed by atoms with Gasteiger partial charge in [-0.1, -0.05) is 72.8 Å². The standard InChI is InChI=1S/C25H22N2O/c28-19(16-26-23-13-7-9-18-8-1-2-10-20(18)23)17-27-24-14-5-3-11-21(24)22-12-4-6-15-25(22)27/h1-15,19,26,28H,16-17H2/t19-/m1/s1. The fourth-order valence-electron chi connectivity index (χ4n) is 4.08. The predicted octanol–water partition coefficient (Wildman–Crippen LogP) is 5.42. The Balaban J connectivity index is 1.42. The molecule has 28 heavy (non-hydrogen) atoms. The van der Waals surface area contributed by atoms with Gasteiger partial charge in [0.1, 0.15) is 0 Å². The van der Waals surface area contributed by atoms with Crippen molar-refractivity contribution in [2.75, 3.05) is 11.9 Å². The molecule has 0 aliphatic heterocycles. The molecule has 0 bridgehead atoms. The van der Waals surface area contributed by atoms with Crippen molar-refractivity contribution in [1.82, 2.24) is 4.57 Å². The second kappa shape index (κ2) is 7.02. The number of benzene rings is 4. The maximum atomic E-state index is 10.8. The average molecular weight is 366 g/mol. The average Bonchev–Trinajstić information content (AvgIpc) is 3.06. The topological polar surface area (TPSA) is 37.2 Å². The van der Waals surface area contributed by atoms with Crippen molar-refractivity contribution >= 4 is 38.3 Å². The number of aromatic nitrogens is 1. The van der Waals surface area contributed by atoms with Crippen LogP contribution in [0.3, 0.4) is 0 Å². The summed E-state index contributed by atoms with van der Waals surface area (Å²) in [5, 5.41) is 19.1. The fraction of sp³-hybridized carbons (Fsp3) is 0.120. The first-order valence-corrected chi connectivity index (χ1v) is 9.67. The highest BCUT2D eigenvalue weighted by atomic mass is 16.3. The molecular weight excluding hydrogens is 344 g/mol. The summed E-state index contributed by atoms with van der Waals surface area (Å²) < 4.78 is 2.22. The van der Waals surface area contributed by atoms with Gasteiger partial charge in [0.2, 0.25) is 0 Å². The van der Waals surface area contributed by atoms with Crippen molar-refractivity contribution < 1.29 is 5.11 Å². The van der Waals surface area contributed by atoms with Gasteiger partial charge >= 0.3 is 0 Å². The Morgan fingerprint density at radius 1 is 0.679 bits per heavy atom. The van der Waals surface area contributed by atoms with E-state index in [9.17, 15) is 5.11 Å². The van der Waals surface area contributed by atoms with Gasteiger partial charge in [0, 0.05) is 39.4 Å². The number of aliphatic hydroxyl groups excluding tert-OH is 1. The second-order valence-electron chi connectivity index (χ2n) is 7.21. The maximum absolute atomic E-state index is 10.8. The molecule has 2 N–H and O–H groups in total. The minimum Gasteiger partial charge on any atom is -0.389 e. The summed E-state index contributed by atoms with van der Waals surface area (Å²) in [6, 6.07) is 31.3. The molecule has 3 nitrogen and oxygen atoms in total. The highest BCUT2D eigenvalue weighted by Crippen LogP contribution is 2.29. The summed E-state index contributed by atoms with van der Waals surface area (Å²) in [5.41, 5.74) is 3.38. The Bertz CT molecular complexity index is 1210. The maximum Gasteiger partial charge on any atom is 0.0891 e. The molecule has 4 aromatic carbocycles. The van der Waals surface area contributed by atoms with Crippen LogP contribution in [-0.2, 0) is 6.54 Å². The fourth-order valence-corrected chi connectivity index (χ4v) is 4.08. The van der Waals surface area contributed by atoms with E-state index in [0.29, 0.717) is 13.1 Å². The zero-order valence-electron chi connectivity index (χ0n) is 15.5. The SMILES string of the molecule is O[C@H](CNc1cccc2ccccc12)Cn1c2ccccc2c2ccccc21. The van der Waals surface area contributed by atoms with Crippen LogP contribution < -0.4 is 5.32 Å². The summed E-state index contributed by atoms with van der Waals surface area (Å²) in [4.78, 5) is 0. The molecule has 0 aliphatic carbocycles. The zero-order chi connectivity index (χ0) is 18.9. The van der Waals surface area contributed by atoms with Gasteiger partial charge in [-0.15, -0.1) is 0 Å². The van der Waals surface area contributed by atoms with Crippen LogP contribution >= 0.6 is 0 Å². The first-order chi connectivity index (χ1) is 13.8. The lowest BCUT2D eigenvalue weighted by Crippen LogP contribution is -2.24. The lowest BCUT2D eigenvalue weighted by molar-refractivity contribution is 0.169. The quantitative estimate of drug-likeness (QED) is 0.436. The molecule has 0 saturated heterocycles. The summed E-state index contributed by atoms with van der Waals surface area (Å²) in [5.74, 6) is 0. The third-order valence-electron chi connectivity index (χ3n) is 5.39. The monoisotopic (exact) mass is 366 g/mol. The van der Waals surface area contributed by atoms with E-state index in [1.165, 1.54) is 21.5 Å². The molecule has 0 amide bonds. The Morgan fingerprint density at radius 2 is 1.25 bits per heavy atom. The number of nitrogens with one attached hydrogen (secondary N) is 1. The third-order valence-corrected chi connectivity index (χ3v) is 5.39. The van der Waals surface area contributed by atoms with E-state index in [-0.39, 0.29) is 0 Å². The molecule has 0 spiro atoms. The molecule has 1 heterocycles. The molecule has 5 rings (SSSR count). The van der Waals surface area contributed by atoms with E-state index in [1.54, 1.807) is 0 Å². The Labute approximate surface area is 163 Å². The minimum absolute atomic E-state index is 0.495. The first kappa shape index (κ1) is 16.8. The van der Waals surface area contributed by atoms with Gasteiger partial charge in [-0.3, -0.25) is 0 Å². The lowest BCUT2D eigenvalue weighted by Gasteiger charge is -2.16. The van der Waals surface area contributed by atoms with E-state index >= 15 is 0 Å². The molecule has 0 unspecified atom stereocenters. The van der Waals surface area contributed by atoms with Gasteiger partial charge in [0.15, 0.2) is 0 Å². The van der Waals surface area contributed by atoms with Crippen LogP contribution in [0.1, 0.15) is 0 Å². The van der Waals surface area contributed by atoms with E-state index in [2.05, 4.69) is 82.7 Å². The number of hydrogen-bond donors (Lipinski definition) is 2. The molecule has 138 valence electrons. The number of nitrogens with zero attached hydrogens (tertiary/aromatic N) is 1. The summed E-state index contributed by atoms with van der Waals surface area (Å²) in [7, 11) is 0. The normalized spacial score (nSPS) is 12.6. The van der Waals surface area contributed by atoms with Crippen molar-refractivity contribution in [1.29, 1.82) is 0 Å². The van der Waals surface area contributed by atoms with E-state index in [0.717, 1.165) is 16.7 Å². The number of hydrogen-bond acceptors (Lipinski definition) is 2. The highest BCUT2D eigenvalue weighted by molar-refractivity contribution is 6.08. The summed E-state index contributed by atoms with van der Waals surface area (Å²) in [6.07, 6.45) is -0.502. The number of para-hydroxylation sites is 2. The van der Waals surface area contributed by atoms with Crippen LogP contribution in [0.5, 0.6) is 0 Å². The molecule has 5 aromatic rings. The minimum atomic E-state index is -0.502. The first-order valence-electron chi connectivity index (χ1n) is 9.67. The number of anilines is 1. The largest absolute Gasteiger partial charge is 0.389 e. The smallest absolute Gasteiger partial charge is 0.0891 e. The van der Waals surface area contributed by atoms with Crippen LogP contribution in [0.15, 0.2) is 91.0 Å². The highest BCUT2D eigenvalue weighted by Gasteiger charge is 2.13. The van der Waals surface area contributed by atoms with Crippen LogP contribution in [-0.4, -0.2) is 22.3 Å². The van der Waals surface area contributed by atoms with Gasteiger partial charge in [-0.25, -0.2) is 0 Å². The zero-order valence-corrected chi connectivity index (χ0v) is 15.5. The van der Waals surface area contributed by atoms with Crippen LogP contribution in [0.2, 0.25) is 0 Å². The number of aliphatic hydroxyl groups is 1. The van der Waals surface area contributed by atoms with Crippen LogP contribution in [0.25, 0.3) is 32.6 Å². The molecule has 0 saturated carbocycles. The van der Waals surface area contributed by atoms with Crippen molar-refractivity contribution in [3.8, 4) is 0 Å². The van der Waals surface area contributed by atoms with Crippen molar-refractivity contribution in [2.45, 2.75) is 12.6 Å². The summed E-state index contributed by atoms with van der Waals surface area (Å²) >= 11 is 0. The predicted molar refractivity (Wildman–Crippen MR) is 118 cm³/mol. The lowest BCUT2D eigenvalue weighted by atomic mass is 10.1. The van der Waals surface area contributed by atoms with E-state index in [4.69, 9.17) is 0 Å². The van der Waals surface area contributed by atoms with Gasteiger partial charge in [-0.2, -0.15) is 0 Å². The number of rotatable bonds is 5. The molecule has 3 heteroatoms. The van der Waals surface area contributed by atoms with Gasteiger partial charge < -0.3 is 15.0 Å². The van der Waals surface area contributed by atoms with Crippen molar-refractivity contribution in [3.05, 3.63) is 91.0 Å². The Morgan fingerprint density at radius 3 is 1.96 bits per heavy atom. The van der Waals surface area contributed by atoms with E-state index < -0.39 is 6.10 Å². The van der Waals surface area contributed by atoms with Crippen LogP contribution in [0.4, 0.5) is 5.69 Å². The molecule has 0 fully saturated rings. The van der Waals surface area contributed by atoms with Gasteiger partial charge in [-0.05, 0) is 23.6 Å². The van der Waals surface area contributed by atoms with Crippen molar-refractivity contribution in [2.24, 2.45) is 0 Å². The number of fused-ring (bicyclic) bond motifs is 4. The Hall–Kier alpha value is -3.30. The summed E-state index contributed by atoms with van der Waals surface area (Å²) in [6.45, 7) is 1.04. The van der Waals surface area contributed by atoms with E-state index in [1.807, 2.05) is 18.2 Å². The molecule has 1 atom stereocenters. The second-order valence-corrected chi connectivity index (χ2v) is 7.21. The van der Waals surface area contributed by atoms with Gasteiger partial charge in [0.25, 0.3) is 0 Å². The van der Waals surface area contributed by atoms with Crippen molar-refractivity contribution in [3.63, 3.8) is 0 Å². The molecule has 0 aliphatic rings. The third kappa shape index (κ3) is 2.90. The van der Waals surface area contributed by atoms with Gasteiger partial charge in [0.05, 0.1) is 12.6 Å².